The van der Waals surface area contributed by atoms with Crippen LogP contribution in [-0.4, -0.2) is 42.1 Å². The lowest BCUT2D eigenvalue weighted by atomic mass is 10.2. The number of hydrogen-bond donors (Lipinski definition) is 1. The lowest BCUT2D eigenvalue weighted by Gasteiger charge is -2.26. The molecule has 3 rings (SSSR count). The zero-order valence-electron chi connectivity index (χ0n) is 12.3. The molecule has 1 aliphatic heterocycles. The van der Waals surface area contributed by atoms with E-state index >= 15 is 0 Å². The summed E-state index contributed by atoms with van der Waals surface area (Å²) < 4.78 is 5.24. The average Bonchev–Trinajstić information content (AvgIpc) is 2.59. The second kappa shape index (κ2) is 7.17. The van der Waals surface area contributed by atoms with E-state index in [9.17, 15) is 4.79 Å². The Bertz CT molecular complexity index is 681. The summed E-state index contributed by atoms with van der Waals surface area (Å²) in [6.07, 6.45) is 1.59. The van der Waals surface area contributed by atoms with Gasteiger partial charge in [0.05, 0.1) is 40.8 Å². The minimum atomic E-state index is -0.0874. The monoisotopic (exact) mass is 351 g/mol. The number of pyridine rings is 1. The van der Waals surface area contributed by atoms with Crippen molar-refractivity contribution in [3.05, 3.63) is 52.3 Å². The number of rotatable bonds is 3. The van der Waals surface area contributed by atoms with Gasteiger partial charge in [0, 0.05) is 13.1 Å². The second-order valence-corrected chi connectivity index (χ2v) is 5.87. The quantitative estimate of drug-likeness (QED) is 0.917. The predicted molar refractivity (Wildman–Crippen MR) is 90.7 cm³/mol. The summed E-state index contributed by atoms with van der Waals surface area (Å²) in [5, 5.41) is 4.15. The number of para-hydroxylation sites is 1. The van der Waals surface area contributed by atoms with Gasteiger partial charge in [-0.15, -0.1) is 0 Å². The molecule has 2 heterocycles. The Morgan fingerprint density at radius 2 is 1.83 bits per heavy atom. The first-order valence-corrected chi connectivity index (χ1v) is 7.95. The van der Waals surface area contributed by atoms with Crippen molar-refractivity contribution in [2.24, 2.45) is 0 Å². The fourth-order valence-electron chi connectivity index (χ4n) is 2.28. The molecule has 0 radical (unpaired) electrons. The number of hydrogen-bond acceptors (Lipinski definition) is 4. The number of nitrogens with one attached hydrogen (secondary N) is 1. The minimum Gasteiger partial charge on any atom is -0.378 e. The molecular formula is C16H15Cl2N3O2. The van der Waals surface area contributed by atoms with Crippen molar-refractivity contribution in [1.82, 2.24) is 9.88 Å². The molecule has 0 atom stereocenters. The van der Waals surface area contributed by atoms with Crippen LogP contribution in [0.5, 0.6) is 0 Å². The van der Waals surface area contributed by atoms with Gasteiger partial charge in [-0.3, -0.25) is 4.79 Å². The third-order valence-corrected chi connectivity index (χ3v) is 4.14. The fraction of sp³-hybridized carbons (Fsp3) is 0.250. The molecule has 1 aromatic carbocycles. The molecule has 0 spiro atoms. The summed E-state index contributed by atoms with van der Waals surface area (Å²) in [5.41, 5.74) is 1.73. The molecular weight excluding hydrogens is 337 g/mol. The molecule has 7 heteroatoms. The first kappa shape index (κ1) is 16.1. The van der Waals surface area contributed by atoms with Gasteiger partial charge in [-0.2, -0.15) is 0 Å². The van der Waals surface area contributed by atoms with E-state index in [0.29, 0.717) is 53.4 Å². The molecule has 2 aromatic rings. The van der Waals surface area contributed by atoms with E-state index in [4.69, 9.17) is 27.9 Å². The largest absolute Gasteiger partial charge is 0.378 e. The van der Waals surface area contributed by atoms with Crippen LogP contribution in [-0.2, 0) is 4.74 Å². The van der Waals surface area contributed by atoms with Crippen molar-refractivity contribution in [3.63, 3.8) is 0 Å². The first-order valence-electron chi connectivity index (χ1n) is 7.19. The Kier molecular flexibility index (Phi) is 5.00. The van der Waals surface area contributed by atoms with Gasteiger partial charge in [-0.25, -0.2) is 4.98 Å². The molecule has 1 fully saturated rings. The van der Waals surface area contributed by atoms with Crippen molar-refractivity contribution in [2.45, 2.75) is 0 Å². The van der Waals surface area contributed by atoms with E-state index in [1.165, 1.54) is 0 Å². The van der Waals surface area contributed by atoms with E-state index < -0.39 is 0 Å². The van der Waals surface area contributed by atoms with Gasteiger partial charge in [0.25, 0.3) is 5.91 Å². The topological polar surface area (TPSA) is 54.5 Å². The number of carbonyl (C=O) groups excluding carboxylic acids is 1. The van der Waals surface area contributed by atoms with Crippen molar-refractivity contribution in [3.8, 4) is 0 Å². The normalized spacial score (nSPS) is 14.6. The maximum atomic E-state index is 12.3. The molecule has 0 saturated carbocycles. The van der Waals surface area contributed by atoms with Crippen LogP contribution in [0.3, 0.4) is 0 Å². The van der Waals surface area contributed by atoms with Crippen molar-refractivity contribution in [1.29, 1.82) is 0 Å². The molecule has 1 aromatic heterocycles. The van der Waals surface area contributed by atoms with Crippen LogP contribution in [0.2, 0.25) is 10.0 Å². The zero-order valence-corrected chi connectivity index (χ0v) is 13.8. The predicted octanol–water partition coefficient (Wildman–Crippen LogP) is 3.60. The Morgan fingerprint density at radius 1 is 1.13 bits per heavy atom. The number of amides is 1. The molecule has 120 valence electrons. The molecule has 0 aliphatic carbocycles. The molecule has 1 amide bonds. The molecule has 1 aliphatic rings. The van der Waals surface area contributed by atoms with Gasteiger partial charge in [0.2, 0.25) is 0 Å². The first-order chi connectivity index (χ1) is 11.1. The molecule has 5 nitrogen and oxygen atoms in total. The number of anilines is 2. The van der Waals surface area contributed by atoms with Gasteiger partial charge >= 0.3 is 0 Å². The molecule has 1 N–H and O–H groups in total. The van der Waals surface area contributed by atoms with Gasteiger partial charge in [0.15, 0.2) is 0 Å². The van der Waals surface area contributed by atoms with E-state index in [-0.39, 0.29) is 5.91 Å². The SMILES string of the molecule is O=C(c1ccc(Nc2c(Cl)cccc2Cl)cn1)N1CCOCC1. The highest BCUT2D eigenvalue weighted by Crippen LogP contribution is 2.32. The van der Waals surface area contributed by atoms with Gasteiger partial charge in [-0.1, -0.05) is 29.3 Å². The van der Waals surface area contributed by atoms with Crippen molar-refractivity contribution >= 4 is 40.5 Å². The summed E-state index contributed by atoms with van der Waals surface area (Å²) >= 11 is 12.2. The van der Waals surface area contributed by atoms with Crippen molar-refractivity contribution in [2.75, 3.05) is 31.6 Å². The van der Waals surface area contributed by atoms with Crippen LogP contribution in [0.15, 0.2) is 36.5 Å². The molecule has 1 saturated heterocycles. The number of aromatic nitrogens is 1. The average molecular weight is 352 g/mol. The molecule has 0 unspecified atom stereocenters. The fourth-order valence-corrected chi connectivity index (χ4v) is 2.78. The highest BCUT2D eigenvalue weighted by molar-refractivity contribution is 6.39. The van der Waals surface area contributed by atoms with E-state index in [2.05, 4.69) is 10.3 Å². The second-order valence-electron chi connectivity index (χ2n) is 5.06. The Labute approximate surface area is 144 Å². The van der Waals surface area contributed by atoms with E-state index in [1.54, 1.807) is 41.4 Å². The summed E-state index contributed by atoms with van der Waals surface area (Å²) in [6, 6.07) is 8.74. The standard InChI is InChI=1S/C16H15Cl2N3O2/c17-12-2-1-3-13(18)15(12)20-11-4-5-14(19-10-11)16(22)21-6-8-23-9-7-21/h1-5,10,20H,6-9H2. The number of ether oxygens (including phenoxy) is 1. The maximum absolute atomic E-state index is 12.3. The van der Waals surface area contributed by atoms with Gasteiger partial charge in [-0.05, 0) is 24.3 Å². The summed E-state index contributed by atoms with van der Waals surface area (Å²) in [7, 11) is 0. The maximum Gasteiger partial charge on any atom is 0.272 e. The van der Waals surface area contributed by atoms with Crippen LogP contribution in [0.4, 0.5) is 11.4 Å². The smallest absolute Gasteiger partial charge is 0.272 e. The van der Waals surface area contributed by atoms with Crippen LogP contribution in [0.25, 0.3) is 0 Å². The lowest BCUT2D eigenvalue weighted by Crippen LogP contribution is -2.41. The van der Waals surface area contributed by atoms with Crippen LogP contribution < -0.4 is 5.32 Å². The number of morpholine rings is 1. The van der Waals surface area contributed by atoms with Gasteiger partial charge < -0.3 is 15.0 Å². The van der Waals surface area contributed by atoms with Crippen LogP contribution in [0, 0.1) is 0 Å². The lowest BCUT2D eigenvalue weighted by molar-refractivity contribution is 0.0299. The molecule has 0 bridgehead atoms. The Balaban J connectivity index is 1.73. The van der Waals surface area contributed by atoms with Crippen molar-refractivity contribution < 1.29 is 9.53 Å². The third-order valence-electron chi connectivity index (χ3n) is 3.51. The van der Waals surface area contributed by atoms with Gasteiger partial charge in [0.1, 0.15) is 5.69 Å². The highest BCUT2D eigenvalue weighted by Gasteiger charge is 2.19. The third kappa shape index (κ3) is 3.75. The summed E-state index contributed by atoms with van der Waals surface area (Å²) in [6.45, 7) is 2.32. The van der Waals surface area contributed by atoms with E-state index in [0.717, 1.165) is 0 Å². The Hall–Kier alpha value is -1.82. The summed E-state index contributed by atoms with van der Waals surface area (Å²) in [5.74, 6) is -0.0874. The minimum absolute atomic E-state index is 0.0874. The molecule has 23 heavy (non-hydrogen) atoms. The Morgan fingerprint density at radius 3 is 2.43 bits per heavy atom. The number of halogens is 2. The summed E-state index contributed by atoms with van der Waals surface area (Å²) in [4.78, 5) is 18.3. The van der Waals surface area contributed by atoms with E-state index in [1.807, 2.05) is 0 Å². The number of carbonyl (C=O) groups is 1. The van der Waals surface area contributed by atoms with Crippen LogP contribution >= 0.6 is 23.2 Å². The zero-order chi connectivity index (χ0) is 16.2. The van der Waals surface area contributed by atoms with Crippen LogP contribution in [0.1, 0.15) is 10.5 Å². The number of nitrogens with zero attached hydrogens (tertiary/aromatic N) is 2. The highest BCUT2D eigenvalue weighted by atomic mass is 35.5. The number of benzene rings is 1.